The van der Waals surface area contributed by atoms with Crippen LogP contribution in [-0.2, 0) is 0 Å². The number of aromatic nitrogens is 1. The van der Waals surface area contributed by atoms with Crippen LogP contribution in [0.4, 0.5) is 0 Å². The third-order valence-corrected chi connectivity index (χ3v) is 3.11. The highest BCUT2D eigenvalue weighted by molar-refractivity contribution is 5.93. The molecule has 1 fully saturated rings. The van der Waals surface area contributed by atoms with E-state index in [1.807, 2.05) is 0 Å². The summed E-state index contributed by atoms with van der Waals surface area (Å²) in [4.78, 5) is 15.8. The van der Waals surface area contributed by atoms with Crippen molar-refractivity contribution in [2.45, 2.75) is 44.6 Å². The molecule has 0 aliphatic heterocycles. The van der Waals surface area contributed by atoms with Gasteiger partial charge in [-0.25, -0.2) is 0 Å². The number of carbonyl (C=O) groups is 1. The zero-order valence-corrected chi connectivity index (χ0v) is 10.7. The van der Waals surface area contributed by atoms with Crippen LogP contribution in [0.2, 0.25) is 0 Å². The fraction of sp³-hybridized carbons (Fsp3) is 0.538. The van der Waals surface area contributed by atoms with Gasteiger partial charge in [0.1, 0.15) is 0 Å². The number of hydrogen-bond acceptors (Lipinski definition) is 2. The van der Waals surface area contributed by atoms with E-state index in [0.717, 1.165) is 12.8 Å². The summed E-state index contributed by atoms with van der Waals surface area (Å²) in [6.07, 6.45) is 10.6. The van der Waals surface area contributed by atoms with E-state index < -0.39 is 0 Å². The first-order valence-electron chi connectivity index (χ1n) is 6.07. The molecule has 1 amide bonds. The number of nitrogens with one attached hydrogen (secondary N) is 1. The predicted octanol–water partition coefficient (Wildman–Crippen LogP) is 2.96. The zero-order chi connectivity index (χ0) is 11.2. The van der Waals surface area contributed by atoms with Gasteiger partial charge in [-0.1, -0.05) is 25.7 Å². The first kappa shape index (κ1) is 14.0. The summed E-state index contributed by atoms with van der Waals surface area (Å²) >= 11 is 0. The van der Waals surface area contributed by atoms with Crippen LogP contribution < -0.4 is 5.32 Å². The minimum absolute atomic E-state index is 0. The molecule has 0 saturated heterocycles. The van der Waals surface area contributed by atoms with E-state index in [-0.39, 0.29) is 18.3 Å². The molecule has 0 unspecified atom stereocenters. The summed E-state index contributed by atoms with van der Waals surface area (Å²) in [5.41, 5.74) is 0.659. The molecular weight excluding hydrogens is 236 g/mol. The smallest absolute Gasteiger partial charge is 0.253 e. The molecule has 94 valence electrons. The molecule has 3 nitrogen and oxygen atoms in total. The van der Waals surface area contributed by atoms with E-state index in [0.29, 0.717) is 11.6 Å². The van der Waals surface area contributed by atoms with Crippen molar-refractivity contribution in [3.8, 4) is 0 Å². The Kier molecular flexibility index (Phi) is 5.98. The second-order valence-corrected chi connectivity index (χ2v) is 4.40. The van der Waals surface area contributed by atoms with Crippen molar-refractivity contribution in [3.63, 3.8) is 0 Å². The summed E-state index contributed by atoms with van der Waals surface area (Å²) in [5.74, 6) is 0.0139. The number of carbonyl (C=O) groups excluding carboxylic acids is 1. The molecule has 1 N–H and O–H groups in total. The van der Waals surface area contributed by atoms with Gasteiger partial charge in [0.25, 0.3) is 5.91 Å². The molecule has 17 heavy (non-hydrogen) atoms. The van der Waals surface area contributed by atoms with Crippen LogP contribution in [0.25, 0.3) is 0 Å². The third-order valence-electron chi connectivity index (χ3n) is 3.11. The monoisotopic (exact) mass is 254 g/mol. The lowest BCUT2D eigenvalue weighted by Gasteiger charge is -2.15. The van der Waals surface area contributed by atoms with Gasteiger partial charge in [-0.2, -0.15) is 0 Å². The third kappa shape index (κ3) is 4.35. The summed E-state index contributed by atoms with van der Waals surface area (Å²) in [5, 5.41) is 3.10. The number of amides is 1. The molecule has 1 aliphatic carbocycles. The fourth-order valence-corrected chi connectivity index (χ4v) is 2.19. The standard InChI is InChI=1S/C13H18N2O.ClH/c16-13(11-6-5-9-14-10-11)15-12-7-3-1-2-4-8-12;/h5-6,9-10,12H,1-4,7-8H2,(H,15,16);1H. The summed E-state index contributed by atoms with van der Waals surface area (Å²) in [6.45, 7) is 0. The first-order chi connectivity index (χ1) is 7.86. The average molecular weight is 255 g/mol. The van der Waals surface area contributed by atoms with E-state index in [1.54, 1.807) is 24.5 Å². The van der Waals surface area contributed by atoms with Crippen molar-refractivity contribution < 1.29 is 4.79 Å². The van der Waals surface area contributed by atoms with Crippen molar-refractivity contribution in [1.82, 2.24) is 10.3 Å². The molecule has 0 bridgehead atoms. The van der Waals surface area contributed by atoms with Gasteiger partial charge in [-0.15, -0.1) is 12.4 Å². The number of pyridine rings is 1. The van der Waals surface area contributed by atoms with E-state index >= 15 is 0 Å². The Morgan fingerprint density at radius 3 is 2.53 bits per heavy atom. The van der Waals surface area contributed by atoms with Gasteiger partial charge in [-0.3, -0.25) is 9.78 Å². The van der Waals surface area contributed by atoms with E-state index in [4.69, 9.17) is 0 Å². The minimum atomic E-state index is 0. The van der Waals surface area contributed by atoms with Crippen LogP contribution in [0.3, 0.4) is 0 Å². The van der Waals surface area contributed by atoms with Crippen LogP contribution in [0.15, 0.2) is 24.5 Å². The van der Waals surface area contributed by atoms with Crippen molar-refractivity contribution >= 4 is 18.3 Å². The SMILES string of the molecule is Cl.O=C(NC1CCCCCC1)c1cccnc1. The van der Waals surface area contributed by atoms with Gasteiger partial charge in [0.05, 0.1) is 5.56 Å². The van der Waals surface area contributed by atoms with Crippen LogP contribution in [0.5, 0.6) is 0 Å². The van der Waals surface area contributed by atoms with Crippen LogP contribution in [0, 0.1) is 0 Å². The normalized spacial score (nSPS) is 16.7. The van der Waals surface area contributed by atoms with Crippen molar-refractivity contribution in [2.75, 3.05) is 0 Å². The number of hydrogen-bond donors (Lipinski definition) is 1. The predicted molar refractivity (Wildman–Crippen MR) is 70.4 cm³/mol. The van der Waals surface area contributed by atoms with Gasteiger partial charge >= 0.3 is 0 Å². The molecule has 0 spiro atoms. The van der Waals surface area contributed by atoms with Gasteiger partial charge in [0.2, 0.25) is 0 Å². The van der Waals surface area contributed by atoms with E-state index in [1.165, 1.54) is 25.7 Å². The maximum Gasteiger partial charge on any atom is 0.253 e. The van der Waals surface area contributed by atoms with Gasteiger partial charge < -0.3 is 5.32 Å². The topological polar surface area (TPSA) is 42.0 Å². The quantitative estimate of drug-likeness (QED) is 0.825. The lowest BCUT2D eigenvalue weighted by atomic mass is 10.1. The molecule has 1 aromatic rings. The van der Waals surface area contributed by atoms with Crippen molar-refractivity contribution in [3.05, 3.63) is 30.1 Å². The van der Waals surface area contributed by atoms with E-state index in [2.05, 4.69) is 10.3 Å². The maximum absolute atomic E-state index is 11.9. The molecular formula is C13H19ClN2O. The second-order valence-electron chi connectivity index (χ2n) is 4.40. The van der Waals surface area contributed by atoms with Crippen molar-refractivity contribution in [2.24, 2.45) is 0 Å². The van der Waals surface area contributed by atoms with Gasteiger partial charge in [0.15, 0.2) is 0 Å². The maximum atomic E-state index is 11.9. The van der Waals surface area contributed by atoms with Crippen molar-refractivity contribution in [1.29, 1.82) is 0 Å². The Hall–Kier alpha value is -1.09. The van der Waals surface area contributed by atoms with E-state index in [9.17, 15) is 4.79 Å². The van der Waals surface area contributed by atoms with Crippen LogP contribution in [0.1, 0.15) is 48.9 Å². The molecule has 1 saturated carbocycles. The molecule has 1 aromatic heterocycles. The molecule has 0 aromatic carbocycles. The minimum Gasteiger partial charge on any atom is -0.349 e. The first-order valence-corrected chi connectivity index (χ1v) is 6.07. The highest BCUT2D eigenvalue weighted by Crippen LogP contribution is 2.17. The summed E-state index contributed by atoms with van der Waals surface area (Å²) in [7, 11) is 0. The molecule has 0 atom stereocenters. The fourth-order valence-electron chi connectivity index (χ4n) is 2.19. The Balaban J connectivity index is 0.00000144. The number of nitrogens with zero attached hydrogens (tertiary/aromatic N) is 1. The van der Waals surface area contributed by atoms with Crippen LogP contribution in [-0.4, -0.2) is 16.9 Å². The second kappa shape index (κ2) is 7.28. The Bertz CT molecular complexity index is 335. The van der Waals surface area contributed by atoms with Gasteiger partial charge in [0, 0.05) is 18.4 Å². The summed E-state index contributed by atoms with van der Waals surface area (Å²) in [6, 6.07) is 3.95. The lowest BCUT2D eigenvalue weighted by molar-refractivity contribution is 0.0933. The molecule has 2 rings (SSSR count). The Labute approximate surface area is 108 Å². The lowest BCUT2D eigenvalue weighted by Crippen LogP contribution is -2.34. The Morgan fingerprint density at radius 1 is 1.24 bits per heavy atom. The number of halogens is 1. The number of rotatable bonds is 2. The largest absolute Gasteiger partial charge is 0.349 e. The molecule has 1 heterocycles. The van der Waals surface area contributed by atoms with Gasteiger partial charge in [-0.05, 0) is 25.0 Å². The molecule has 1 aliphatic rings. The van der Waals surface area contributed by atoms with Crippen LogP contribution >= 0.6 is 12.4 Å². The highest BCUT2D eigenvalue weighted by atomic mass is 35.5. The molecule has 0 radical (unpaired) electrons. The molecule has 4 heteroatoms. The average Bonchev–Trinajstić information content (AvgIpc) is 2.59. The Morgan fingerprint density at radius 2 is 1.94 bits per heavy atom. The highest BCUT2D eigenvalue weighted by Gasteiger charge is 2.15. The zero-order valence-electron chi connectivity index (χ0n) is 9.89. The summed E-state index contributed by atoms with van der Waals surface area (Å²) < 4.78 is 0.